The summed E-state index contributed by atoms with van der Waals surface area (Å²) in [5.41, 5.74) is 0. The van der Waals surface area contributed by atoms with Crippen molar-refractivity contribution in [2.75, 3.05) is 13.1 Å². The molecule has 1 saturated carbocycles. The molecule has 2 fully saturated rings. The molecular weight excluding hydrogens is 296 g/mol. The summed E-state index contributed by atoms with van der Waals surface area (Å²) >= 11 is 5.35. The fraction of sp³-hybridized carbons (Fsp3) is 0.692. The molecule has 2 aliphatic rings. The quantitative estimate of drug-likeness (QED) is 0.918. The van der Waals surface area contributed by atoms with E-state index in [1.165, 1.54) is 47.4 Å². The van der Waals surface area contributed by atoms with Crippen LogP contribution in [-0.4, -0.2) is 30.1 Å². The van der Waals surface area contributed by atoms with E-state index in [2.05, 4.69) is 38.3 Å². The molecule has 0 atom stereocenters. The van der Waals surface area contributed by atoms with Crippen LogP contribution in [0.2, 0.25) is 0 Å². The second kappa shape index (κ2) is 5.39. The lowest BCUT2D eigenvalue weighted by Crippen LogP contribution is -2.42. The zero-order chi connectivity index (χ0) is 11.7. The number of halogens is 1. The van der Waals surface area contributed by atoms with E-state index in [1.54, 1.807) is 0 Å². The highest BCUT2D eigenvalue weighted by Gasteiger charge is 2.31. The Balaban J connectivity index is 1.41. The first-order chi connectivity index (χ1) is 8.31. The molecule has 2 heterocycles. The Morgan fingerprint density at radius 3 is 2.59 bits per heavy atom. The summed E-state index contributed by atoms with van der Waals surface area (Å²) in [4.78, 5) is 4.11. The molecule has 3 rings (SSSR count). The van der Waals surface area contributed by atoms with Crippen LogP contribution in [0.5, 0.6) is 0 Å². The average Bonchev–Trinajstić information content (AvgIpc) is 3.11. The predicted molar refractivity (Wildman–Crippen MR) is 76.5 cm³/mol. The van der Waals surface area contributed by atoms with Crippen molar-refractivity contribution in [2.45, 2.75) is 44.3 Å². The highest BCUT2D eigenvalue weighted by atomic mass is 79.9. The molecule has 1 aromatic heterocycles. The summed E-state index contributed by atoms with van der Waals surface area (Å²) in [6.45, 7) is 3.64. The van der Waals surface area contributed by atoms with E-state index < -0.39 is 0 Å². The minimum atomic E-state index is 0.728. The molecule has 0 aromatic carbocycles. The summed E-state index contributed by atoms with van der Waals surface area (Å²) in [6, 6.07) is 6.02. The van der Waals surface area contributed by atoms with Gasteiger partial charge < -0.3 is 10.2 Å². The molecule has 1 N–H and O–H groups in total. The standard InChI is InChI=1S/C13H19BrN2S/c14-13-4-3-12(17-13)9-15-10-5-7-16(8-6-10)11-1-2-11/h3-4,10-11,15H,1-2,5-9H2. The zero-order valence-electron chi connectivity index (χ0n) is 9.99. The molecule has 1 aliphatic carbocycles. The van der Waals surface area contributed by atoms with Gasteiger partial charge in [0.1, 0.15) is 0 Å². The number of rotatable bonds is 4. The molecule has 1 saturated heterocycles. The van der Waals surface area contributed by atoms with Crippen molar-refractivity contribution in [1.82, 2.24) is 10.2 Å². The molecule has 17 heavy (non-hydrogen) atoms. The van der Waals surface area contributed by atoms with Gasteiger partial charge in [-0.2, -0.15) is 0 Å². The van der Waals surface area contributed by atoms with E-state index in [-0.39, 0.29) is 0 Å². The Bertz CT molecular complexity index is 367. The van der Waals surface area contributed by atoms with Gasteiger partial charge >= 0.3 is 0 Å². The van der Waals surface area contributed by atoms with Crippen LogP contribution in [0.25, 0.3) is 0 Å². The summed E-state index contributed by atoms with van der Waals surface area (Å²) in [5, 5.41) is 3.69. The third kappa shape index (κ3) is 3.31. The number of likely N-dealkylation sites (tertiary alicyclic amines) is 1. The van der Waals surface area contributed by atoms with Gasteiger partial charge in [0.25, 0.3) is 0 Å². The van der Waals surface area contributed by atoms with E-state index in [4.69, 9.17) is 0 Å². The first kappa shape index (κ1) is 12.2. The van der Waals surface area contributed by atoms with Crippen molar-refractivity contribution < 1.29 is 0 Å². The van der Waals surface area contributed by atoms with E-state index in [1.807, 2.05) is 11.3 Å². The van der Waals surface area contributed by atoms with Gasteiger partial charge in [0.05, 0.1) is 3.79 Å². The van der Waals surface area contributed by atoms with Crippen molar-refractivity contribution >= 4 is 27.3 Å². The predicted octanol–water partition coefficient (Wildman–Crippen LogP) is 3.23. The molecule has 2 nitrogen and oxygen atoms in total. The Morgan fingerprint density at radius 1 is 1.24 bits per heavy atom. The maximum Gasteiger partial charge on any atom is 0.0701 e. The molecule has 1 aliphatic heterocycles. The second-order valence-electron chi connectivity index (χ2n) is 5.13. The van der Waals surface area contributed by atoms with Gasteiger partial charge in [-0.25, -0.2) is 0 Å². The van der Waals surface area contributed by atoms with Crippen LogP contribution >= 0.6 is 27.3 Å². The van der Waals surface area contributed by atoms with Gasteiger partial charge in [-0.1, -0.05) is 0 Å². The summed E-state index contributed by atoms with van der Waals surface area (Å²) in [5.74, 6) is 0. The Kier molecular flexibility index (Phi) is 3.85. The van der Waals surface area contributed by atoms with Crippen molar-refractivity contribution in [3.05, 3.63) is 20.8 Å². The molecule has 0 bridgehead atoms. The molecule has 0 unspecified atom stereocenters. The number of nitrogens with one attached hydrogen (secondary N) is 1. The molecule has 1 aromatic rings. The molecule has 4 heteroatoms. The van der Waals surface area contributed by atoms with E-state index in [0.717, 1.165) is 18.6 Å². The number of hydrogen-bond donors (Lipinski definition) is 1. The van der Waals surface area contributed by atoms with Gasteiger partial charge in [-0.3, -0.25) is 0 Å². The van der Waals surface area contributed by atoms with Gasteiger partial charge in [0.15, 0.2) is 0 Å². The lowest BCUT2D eigenvalue weighted by atomic mass is 10.0. The van der Waals surface area contributed by atoms with Gasteiger partial charge in [-0.15, -0.1) is 11.3 Å². The molecule has 0 radical (unpaired) electrons. The topological polar surface area (TPSA) is 15.3 Å². The number of piperidine rings is 1. The number of nitrogens with zero attached hydrogens (tertiary/aromatic N) is 1. The van der Waals surface area contributed by atoms with Crippen LogP contribution in [-0.2, 0) is 6.54 Å². The molecule has 0 spiro atoms. The molecule has 0 amide bonds. The Hall–Kier alpha value is 0.1000. The van der Waals surface area contributed by atoms with Gasteiger partial charge in [0, 0.05) is 23.5 Å². The molecular formula is C13H19BrN2S. The minimum absolute atomic E-state index is 0.728. The van der Waals surface area contributed by atoms with E-state index in [9.17, 15) is 0 Å². The smallest absolute Gasteiger partial charge is 0.0701 e. The lowest BCUT2D eigenvalue weighted by Gasteiger charge is -2.32. The second-order valence-corrected chi connectivity index (χ2v) is 7.68. The highest BCUT2D eigenvalue weighted by molar-refractivity contribution is 9.11. The maximum atomic E-state index is 3.69. The largest absolute Gasteiger partial charge is 0.309 e. The van der Waals surface area contributed by atoms with Crippen LogP contribution in [0, 0.1) is 0 Å². The summed E-state index contributed by atoms with van der Waals surface area (Å²) < 4.78 is 1.23. The van der Waals surface area contributed by atoms with Crippen molar-refractivity contribution in [3.63, 3.8) is 0 Å². The van der Waals surface area contributed by atoms with Crippen molar-refractivity contribution in [1.29, 1.82) is 0 Å². The minimum Gasteiger partial charge on any atom is -0.309 e. The molecule has 94 valence electrons. The number of thiophene rings is 1. The third-order valence-corrected chi connectivity index (χ3v) is 5.41. The normalized spacial score (nSPS) is 23.1. The van der Waals surface area contributed by atoms with Gasteiger partial charge in [0.2, 0.25) is 0 Å². The SMILES string of the molecule is Brc1ccc(CNC2CCN(C3CC3)CC2)s1. The monoisotopic (exact) mass is 314 g/mol. The van der Waals surface area contributed by atoms with Crippen molar-refractivity contribution in [2.24, 2.45) is 0 Å². The summed E-state index contributed by atoms with van der Waals surface area (Å²) in [7, 11) is 0. The van der Waals surface area contributed by atoms with E-state index >= 15 is 0 Å². The van der Waals surface area contributed by atoms with Crippen molar-refractivity contribution in [3.8, 4) is 0 Å². The van der Waals surface area contributed by atoms with Crippen LogP contribution in [0.1, 0.15) is 30.6 Å². The first-order valence-corrected chi connectivity index (χ1v) is 8.14. The first-order valence-electron chi connectivity index (χ1n) is 6.53. The zero-order valence-corrected chi connectivity index (χ0v) is 12.4. The van der Waals surface area contributed by atoms with Crippen LogP contribution < -0.4 is 5.32 Å². The van der Waals surface area contributed by atoms with Crippen LogP contribution in [0.15, 0.2) is 15.9 Å². The van der Waals surface area contributed by atoms with Crippen LogP contribution in [0.4, 0.5) is 0 Å². The van der Waals surface area contributed by atoms with Gasteiger partial charge in [-0.05, 0) is 66.8 Å². The Labute approximate surface area is 116 Å². The third-order valence-electron chi connectivity index (χ3n) is 3.79. The van der Waals surface area contributed by atoms with E-state index in [0.29, 0.717) is 0 Å². The lowest BCUT2D eigenvalue weighted by molar-refractivity contribution is 0.189. The fourth-order valence-corrected chi connectivity index (χ4v) is 4.03. The highest BCUT2D eigenvalue weighted by Crippen LogP contribution is 2.29. The fourth-order valence-electron chi connectivity index (χ4n) is 2.60. The maximum absolute atomic E-state index is 3.69. The Morgan fingerprint density at radius 2 is 2.00 bits per heavy atom. The number of hydrogen-bond acceptors (Lipinski definition) is 3. The average molecular weight is 315 g/mol. The summed E-state index contributed by atoms with van der Waals surface area (Å²) in [6.07, 6.45) is 5.54. The van der Waals surface area contributed by atoms with Crippen LogP contribution in [0.3, 0.4) is 0 Å².